The minimum absolute atomic E-state index is 0.279. The molecule has 2 aromatic carbocycles. The number of hydrogen-bond acceptors (Lipinski definition) is 4. The average Bonchev–Trinajstić information content (AvgIpc) is 2.58. The molecule has 0 bridgehead atoms. The Balaban J connectivity index is 2.38. The molecule has 0 aliphatic carbocycles. The van der Waals surface area contributed by atoms with Crippen LogP contribution >= 0.6 is 46.4 Å². The Kier molecular flexibility index (Phi) is 8.12. The molecule has 8 heteroatoms. The topological polar surface area (TPSA) is 70.5 Å². The van der Waals surface area contributed by atoms with E-state index >= 15 is 0 Å². The zero-order chi connectivity index (χ0) is 23.8. The van der Waals surface area contributed by atoms with Crippen molar-refractivity contribution in [2.24, 2.45) is 11.5 Å². The van der Waals surface area contributed by atoms with Gasteiger partial charge in [-0.2, -0.15) is 0 Å². The highest BCUT2D eigenvalue weighted by molar-refractivity contribution is 6.38. The van der Waals surface area contributed by atoms with E-state index in [1.807, 2.05) is 65.8 Å². The van der Waals surface area contributed by atoms with Gasteiger partial charge in [0.25, 0.3) is 0 Å². The fourth-order valence-corrected chi connectivity index (χ4v) is 3.99. The molecular weight excluding hydrogens is 478 g/mol. The maximum atomic E-state index is 6.49. The van der Waals surface area contributed by atoms with Gasteiger partial charge in [0.2, 0.25) is 0 Å². The summed E-state index contributed by atoms with van der Waals surface area (Å²) < 4.78 is 11.5. The Morgan fingerprint density at radius 2 is 0.871 bits per heavy atom. The second-order valence-electron chi connectivity index (χ2n) is 9.72. The van der Waals surface area contributed by atoms with Gasteiger partial charge in [-0.25, -0.2) is 0 Å². The van der Waals surface area contributed by atoms with E-state index in [0.29, 0.717) is 31.6 Å². The van der Waals surface area contributed by atoms with Crippen LogP contribution in [0.2, 0.25) is 20.1 Å². The van der Waals surface area contributed by atoms with Crippen LogP contribution in [-0.4, -0.2) is 24.3 Å². The highest BCUT2D eigenvalue weighted by Crippen LogP contribution is 2.44. The second kappa shape index (κ2) is 9.54. The van der Waals surface area contributed by atoms with Crippen LogP contribution in [0.15, 0.2) is 24.3 Å². The average molecular weight is 508 g/mol. The summed E-state index contributed by atoms with van der Waals surface area (Å²) in [5.74, 6) is 0.816. The first-order valence-electron chi connectivity index (χ1n) is 9.84. The number of benzene rings is 2. The quantitative estimate of drug-likeness (QED) is 0.409. The van der Waals surface area contributed by atoms with Crippen LogP contribution in [0.1, 0.15) is 52.7 Å². The molecule has 0 fully saturated rings. The van der Waals surface area contributed by atoms with Gasteiger partial charge in [0.05, 0.1) is 20.1 Å². The van der Waals surface area contributed by atoms with Gasteiger partial charge in [-0.05, 0) is 63.1 Å². The summed E-state index contributed by atoms with van der Waals surface area (Å²) in [6, 6.07) is 7.32. The molecule has 0 unspecified atom stereocenters. The van der Waals surface area contributed by atoms with Gasteiger partial charge in [-0.1, -0.05) is 60.3 Å². The lowest BCUT2D eigenvalue weighted by molar-refractivity contribution is 0.243. The minimum atomic E-state index is -0.513. The molecule has 4 nitrogen and oxygen atoms in total. The first-order chi connectivity index (χ1) is 14.0. The van der Waals surface area contributed by atoms with Crippen molar-refractivity contribution in [2.75, 3.05) is 13.2 Å². The Labute approximate surface area is 205 Å². The van der Waals surface area contributed by atoms with Crippen molar-refractivity contribution in [1.29, 1.82) is 0 Å². The smallest absolute Gasteiger partial charge is 0.156 e. The maximum absolute atomic E-state index is 6.49. The second-order valence-corrected chi connectivity index (χ2v) is 11.3. The SMILES string of the molecule is CC(C)(N)COc1c(Cl)cc(C(C)(C)c2cc(Cl)c(OCC(C)(C)N)c(Cl)c2)cc1Cl. The van der Waals surface area contributed by atoms with E-state index in [0.717, 1.165) is 11.1 Å². The lowest BCUT2D eigenvalue weighted by atomic mass is 9.78. The highest BCUT2D eigenvalue weighted by Gasteiger charge is 2.28. The lowest BCUT2D eigenvalue weighted by Gasteiger charge is -2.29. The van der Waals surface area contributed by atoms with Crippen LogP contribution in [0, 0.1) is 0 Å². The van der Waals surface area contributed by atoms with Crippen molar-refractivity contribution in [2.45, 2.75) is 58.0 Å². The Bertz CT molecular complexity index is 826. The molecule has 172 valence electrons. The molecule has 0 aromatic heterocycles. The summed E-state index contributed by atoms with van der Waals surface area (Å²) >= 11 is 26.0. The third-order valence-electron chi connectivity index (χ3n) is 4.62. The van der Waals surface area contributed by atoms with Crippen LogP contribution in [0.25, 0.3) is 0 Å². The molecule has 0 atom stereocenters. The first kappa shape index (κ1) is 26.4. The number of nitrogens with two attached hydrogens (primary N) is 2. The number of ether oxygens (including phenoxy) is 2. The Hall–Kier alpha value is -0.880. The third kappa shape index (κ3) is 7.05. The fourth-order valence-electron chi connectivity index (χ4n) is 2.80. The van der Waals surface area contributed by atoms with Crippen LogP contribution < -0.4 is 20.9 Å². The van der Waals surface area contributed by atoms with Crippen molar-refractivity contribution in [3.05, 3.63) is 55.5 Å². The number of hydrogen-bond donors (Lipinski definition) is 2. The maximum Gasteiger partial charge on any atom is 0.156 e. The molecular formula is C23H30Cl4N2O2. The van der Waals surface area contributed by atoms with E-state index in [-0.39, 0.29) is 13.2 Å². The normalized spacial score (nSPS) is 12.8. The van der Waals surface area contributed by atoms with E-state index in [4.69, 9.17) is 67.3 Å². The van der Waals surface area contributed by atoms with Gasteiger partial charge in [-0.15, -0.1) is 0 Å². The highest BCUT2D eigenvalue weighted by atomic mass is 35.5. The van der Waals surface area contributed by atoms with Crippen molar-refractivity contribution in [3.63, 3.8) is 0 Å². The van der Waals surface area contributed by atoms with Crippen molar-refractivity contribution in [3.8, 4) is 11.5 Å². The molecule has 0 spiro atoms. The number of rotatable bonds is 8. The van der Waals surface area contributed by atoms with Crippen LogP contribution in [-0.2, 0) is 5.41 Å². The molecule has 0 amide bonds. The monoisotopic (exact) mass is 506 g/mol. The van der Waals surface area contributed by atoms with Gasteiger partial charge >= 0.3 is 0 Å². The summed E-state index contributed by atoms with van der Waals surface area (Å²) in [6.07, 6.45) is 0. The van der Waals surface area contributed by atoms with Crippen molar-refractivity contribution in [1.82, 2.24) is 0 Å². The van der Waals surface area contributed by atoms with Crippen LogP contribution in [0.4, 0.5) is 0 Å². The zero-order valence-corrected chi connectivity index (χ0v) is 21.7. The molecule has 0 heterocycles. The van der Waals surface area contributed by atoms with E-state index < -0.39 is 16.5 Å². The minimum Gasteiger partial charge on any atom is -0.489 e. The largest absolute Gasteiger partial charge is 0.489 e. The number of halogens is 4. The fraction of sp³-hybridized carbons (Fsp3) is 0.478. The van der Waals surface area contributed by atoms with Crippen molar-refractivity contribution >= 4 is 46.4 Å². The Morgan fingerprint density at radius 1 is 0.613 bits per heavy atom. The predicted octanol–water partition coefficient (Wildman–Crippen LogP) is 6.86. The van der Waals surface area contributed by atoms with Crippen LogP contribution in [0.3, 0.4) is 0 Å². The summed E-state index contributed by atoms with van der Waals surface area (Å²) in [6.45, 7) is 12.1. The predicted molar refractivity (Wildman–Crippen MR) is 133 cm³/mol. The van der Waals surface area contributed by atoms with Gasteiger partial charge in [0.1, 0.15) is 13.2 Å². The van der Waals surface area contributed by atoms with Crippen molar-refractivity contribution < 1.29 is 9.47 Å². The molecule has 0 aliphatic rings. The van der Waals surface area contributed by atoms with Gasteiger partial charge in [0, 0.05) is 16.5 Å². The Morgan fingerprint density at radius 3 is 1.10 bits per heavy atom. The molecule has 2 rings (SSSR count). The molecule has 4 N–H and O–H groups in total. The zero-order valence-electron chi connectivity index (χ0n) is 18.7. The molecule has 0 saturated carbocycles. The molecule has 0 saturated heterocycles. The van der Waals surface area contributed by atoms with Gasteiger partial charge < -0.3 is 20.9 Å². The molecule has 0 radical (unpaired) electrons. The summed E-state index contributed by atoms with van der Waals surface area (Å²) in [5.41, 5.74) is 12.2. The van der Waals surface area contributed by atoms with Gasteiger partial charge in [-0.3, -0.25) is 0 Å². The van der Waals surface area contributed by atoms with E-state index in [1.165, 1.54) is 0 Å². The third-order valence-corrected chi connectivity index (χ3v) is 5.74. The van der Waals surface area contributed by atoms with Crippen LogP contribution in [0.5, 0.6) is 11.5 Å². The summed E-state index contributed by atoms with van der Waals surface area (Å²) in [5, 5.41) is 1.62. The van der Waals surface area contributed by atoms with E-state index in [9.17, 15) is 0 Å². The van der Waals surface area contributed by atoms with Gasteiger partial charge in [0.15, 0.2) is 11.5 Å². The summed E-state index contributed by atoms with van der Waals surface area (Å²) in [4.78, 5) is 0. The molecule has 0 aliphatic heterocycles. The molecule has 31 heavy (non-hydrogen) atoms. The first-order valence-corrected chi connectivity index (χ1v) is 11.3. The van der Waals surface area contributed by atoms with E-state index in [2.05, 4.69) is 0 Å². The standard InChI is InChI=1S/C23H30Cl4N2O2/c1-21(2,28)11-30-19-15(24)7-13(8-16(19)25)23(5,6)14-9-17(26)20(18(27)10-14)31-12-22(3,4)29/h7-10H,11-12,28-29H2,1-6H3. The van der Waals surface area contributed by atoms with E-state index in [1.54, 1.807) is 0 Å². The summed E-state index contributed by atoms with van der Waals surface area (Å²) in [7, 11) is 0. The molecule has 2 aromatic rings. The lowest BCUT2D eigenvalue weighted by Crippen LogP contribution is -2.38.